The lowest BCUT2D eigenvalue weighted by atomic mass is 9.93. The van der Waals surface area contributed by atoms with E-state index >= 15 is 0 Å². The zero-order valence-electron chi connectivity index (χ0n) is 10.3. The van der Waals surface area contributed by atoms with Gasteiger partial charge in [0.05, 0.1) is 3.42 Å². The molecular formula is C13H17IS2. The van der Waals surface area contributed by atoms with Crippen LogP contribution in [0.2, 0.25) is 0 Å². The average Bonchev–Trinajstić information content (AvgIpc) is 2.54. The fraction of sp³-hybridized carbons (Fsp3) is 0.538. The highest BCUT2D eigenvalue weighted by Crippen LogP contribution is 2.48. The van der Waals surface area contributed by atoms with Crippen molar-refractivity contribution in [3.63, 3.8) is 0 Å². The average molecular weight is 364 g/mol. The van der Waals surface area contributed by atoms with E-state index in [0.29, 0.717) is 0 Å². The molecule has 0 aliphatic carbocycles. The van der Waals surface area contributed by atoms with Gasteiger partial charge in [0, 0.05) is 19.8 Å². The number of alkyl halides is 1. The van der Waals surface area contributed by atoms with Gasteiger partial charge in [0.2, 0.25) is 0 Å². The van der Waals surface area contributed by atoms with Crippen molar-refractivity contribution in [2.24, 2.45) is 0 Å². The van der Waals surface area contributed by atoms with E-state index in [-0.39, 0.29) is 8.84 Å². The summed E-state index contributed by atoms with van der Waals surface area (Å²) in [5.74, 6) is 0. The summed E-state index contributed by atoms with van der Waals surface area (Å²) in [6.07, 6.45) is 0. The van der Waals surface area contributed by atoms with Crippen LogP contribution in [0.15, 0.2) is 11.4 Å². The van der Waals surface area contributed by atoms with E-state index in [2.05, 4.69) is 68.7 Å². The molecule has 2 rings (SSSR count). The molecule has 0 N–H and O–H groups in total. The maximum Gasteiger partial charge on any atom is 0.0522 e. The second-order valence-corrected chi connectivity index (χ2v) is 10.3. The first-order valence-corrected chi connectivity index (χ1v) is 8.18. The number of hydrogen-bond donors (Lipinski definition) is 0. The van der Waals surface area contributed by atoms with E-state index in [9.17, 15) is 0 Å². The smallest absolute Gasteiger partial charge is 0.0522 e. The summed E-state index contributed by atoms with van der Waals surface area (Å²) in [6, 6.07) is 2.28. The fourth-order valence-electron chi connectivity index (χ4n) is 1.82. The summed E-state index contributed by atoms with van der Waals surface area (Å²) in [5.41, 5.74) is 0.254. The predicted molar refractivity (Wildman–Crippen MR) is 85.4 cm³/mol. The molecule has 88 valence electrons. The molecule has 0 amide bonds. The molecule has 0 unspecified atom stereocenters. The third-order valence-electron chi connectivity index (χ3n) is 2.54. The van der Waals surface area contributed by atoms with Crippen LogP contribution in [0.4, 0.5) is 0 Å². The molecule has 0 aromatic carbocycles. The van der Waals surface area contributed by atoms with Crippen LogP contribution in [0.1, 0.15) is 44.4 Å². The van der Waals surface area contributed by atoms with E-state index in [1.807, 2.05) is 22.7 Å². The van der Waals surface area contributed by atoms with Gasteiger partial charge in [-0.25, -0.2) is 0 Å². The minimum Gasteiger partial charge on any atom is -0.143 e. The molecule has 0 atom stereocenters. The molecule has 0 aliphatic rings. The molecule has 0 spiro atoms. The first kappa shape index (κ1) is 12.8. The van der Waals surface area contributed by atoms with Crippen molar-refractivity contribution >= 4 is 55.4 Å². The first-order chi connectivity index (χ1) is 7.21. The van der Waals surface area contributed by atoms with Gasteiger partial charge in [-0.1, -0.05) is 43.4 Å². The monoisotopic (exact) mass is 364 g/mol. The minimum atomic E-state index is 0.231. The highest BCUT2D eigenvalue weighted by Gasteiger charge is 2.28. The van der Waals surface area contributed by atoms with E-state index in [1.54, 1.807) is 0 Å². The fourth-order valence-corrected chi connectivity index (χ4v) is 5.17. The van der Waals surface area contributed by atoms with Crippen molar-refractivity contribution in [2.45, 2.75) is 43.5 Å². The lowest BCUT2D eigenvalue weighted by Crippen LogP contribution is -2.08. The van der Waals surface area contributed by atoms with E-state index in [0.717, 1.165) is 0 Å². The summed E-state index contributed by atoms with van der Waals surface area (Å²) in [7, 11) is 0. The summed E-state index contributed by atoms with van der Waals surface area (Å²) in [4.78, 5) is 3.06. The maximum absolute atomic E-state index is 2.55. The van der Waals surface area contributed by atoms with Crippen LogP contribution in [0.5, 0.6) is 0 Å². The van der Waals surface area contributed by atoms with Gasteiger partial charge in [0.25, 0.3) is 0 Å². The third kappa shape index (κ3) is 2.18. The minimum absolute atomic E-state index is 0.231. The maximum atomic E-state index is 2.55. The molecule has 16 heavy (non-hydrogen) atoms. The van der Waals surface area contributed by atoms with Crippen LogP contribution in [-0.4, -0.2) is 0 Å². The van der Waals surface area contributed by atoms with Crippen LogP contribution in [0.25, 0.3) is 10.1 Å². The van der Waals surface area contributed by atoms with Crippen molar-refractivity contribution < 1.29 is 0 Å². The lowest BCUT2D eigenvalue weighted by Gasteiger charge is -2.17. The Morgan fingerprint density at radius 3 is 2.19 bits per heavy atom. The van der Waals surface area contributed by atoms with Gasteiger partial charge < -0.3 is 0 Å². The van der Waals surface area contributed by atoms with Crippen molar-refractivity contribution in [3.05, 3.63) is 21.2 Å². The highest BCUT2D eigenvalue weighted by molar-refractivity contribution is 14.1. The van der Waals surface area contributed by atoms with Crippen LogP contribution >= 0.6 is 45.3 Å². The highest BCUT2D eigenvalue weighted by atomic mass is 127. The Bertz CT molecular complexity index is 462. The van der Waals surface area contributed by atoms with E-state index in [4.69, 9.17) is 0 Å². The molecule has 2 aromatic rings. The molecule has 2 heterocycles. The standard InChI is InChI=1S/C13H17IS2/c1-12(2,3)10-8-6-7-15-9(8)11(16-10)13(4,5)14/h6-7H,1-5H3. The van der Waals surface area contributed by atoms with Crippen molar-refractivity contribution in [1.82, 2.24) is 0 Å². The molecule has 3 heteroatoms. The molecule has 0 aliphatic heterocycles. The SMILES string of the molecule is CC(C)(C)c1sc(C(C)(C)I)c2sccc12. The topological polar surface area (TPSA) is 0 Å². The van der Waals surface area contributed by atoms with Crippen LogP contribution in [0.3, 0.4) is 0 Å². The molecule has 0 saturated carbocycles. The molecule has 0 nitrogen and oxygen atoms in total. The van der Waals surface area contributed by atoms with Crippen LogP contribution in [-0.2, 0) is 8.84 Å². The zero-order valence-corrected chi connectivity index (χ0v) is 14.1. The first-order valence-electron chi connectivity index (χ1n) is 5.41. The number of hydrogen-bond acceptors (Lipinski definition) is 2. The normalized spacial score (nSPS) is 13.6. The molecule has 0 bridgehead atoms. The summed E-state index contributed by atoms with van der Waals surface area (Å²) >= 11 is 6.43. The Morgan fingerprint density at radius 1 is 1.06 bits per heavy atom. The second kappa shape index (κ2) is 3.95. The van der Waals surface area contributed by atoms with E-state index < -0.39 is 0 Å². The molecule has 0 radical (unpaired) electrons. The second-order valence-electron chi connectivity index (χ2n) is 5.65. The zero-order chi connectivity index (χ0) is 12.1. The van der Waals surface area contributed by atoms with Gasteiger partial charge in [-0.2, -0.15) is 0 Å². The van der Waals surface area contributed by atoms with Gasteiger partial charge in [-0.3, -0.25) is 0 Å². The number of rotatable bonds is 1. The van der Waals surface area contributed by atoms with Gasteiger partial charge in [-0.05, 0) is 30.7 Å². The van der Waals surface area contributed by atoms with Crippen LogP contribution < -0.4 is 0 Å². The van der Waals surface area contributed by atoms with Crippen molar-refractivity contribution in [2.75, 3.05) is 0 Å². The Kier molecular flexibility index (Phi) is 3.17. The molecular weight excluding hydrogens is 347 g/mol. The molecule has 2 aromatic heterocycles. The van der Waals surface area contributed by atoms with Gasteiger partial charge in [-0.15, -0.1) is 22.7 Å². The number of thiophene rings is 2. The summed E-state index contributed by atoms with van der Waals surface area (Å²) in [6.45, 7) is 11.5. The van der Waals surface area contributed by atoms with Gasteiger partial charge in [0.15, 0.2) is 0 Å². The van der Waals surface area contributed by atoms with E-state index in [1.165, 1.54) is 19.8 Å². The van der Waals surface area contributed by atoms with Gasteiger partial charge in [0.1, 0.15) is 0 Å². The Balaban J connectivity index is 2.75. The Hall–Kier alpha value is 0.390. The lowest BCUT2D eigenvalue weighted by molar-refractivity contribution is 0.609. The predicted octanol–water partition coefficient (Wildman–Crippen LogP) is 5.93. The summed E-state index contributed by atoms with van der Waals surface area (Å²) < 4.78 is 1.73. The third-order valence-corrected chi connectivity index (χ3v) is 6.46. The molecule has 0 saturated heterocycles. The van der Waals surface area contributed by atoms with Gasteiger partial charge >= 0.3 is 0 Å². The Morgan fingerprint density at radius 2 is 1.69 bits per heavy atom. The Labute approximate surface area is 119 Å². The van der Waals surface area contributed by atoms with Crippen LogP contribution in [0, 0.1) is 0 Å². The van der Waals surface area contributed by atoms with Crippen molar-refractivity contribution in [1.29, 1.82) is 0 Å². The number of halogens is 1. The summed E-state index contributed by atoms with van der Waals surface area (Å²) in [5, 5.41) is 3.70. The largest absolute Gasteiger partial charge is 0.143 e. The molecule has 0 fully saturated rings. The quantitative estimate of drug-likeness (QED) is 0.435. The number of fused-ring (bicyclic) bond motifs is 1. The van der Waals surface area contributed by atoms with Crippen molar-refractivity contribution in [3.8, 4) is 0 Å².